The second kappa shape index (κ2) is 7.65. The number of carbonyl (C=O) groups excluding carboxylic acids is 1. The molecule has 24 heavy (non-hydrogen) atoms. The van der Waals surface area contributed by atoms with Gasteiger partial charge in [0.15, 0.2) is 0 Å². The lowest BCUT2D eigenvalue weighted by atomic mass is 10.2. The average molecular weight is 349 g/mol. The van der Waals surface area contributed by atoms with Crippen molar-refractivity contribution < 1.29 is 4.79 Å². The van der Waals surface area contributed by atoms with E-state index in [2.05, 4.69) is 15.7 Å². The van der Waals surface area contributed by atoms with Crippen molar-refractivity contribution >= 4 is 17.4 Å². The van der Waals surface area contributed by atoms with Crippen LogP contribution < -0.4 is 16.3 Å². The standard InChI is InChI=1S/C16H23N5O2S/c1-12(13-6-4-11-24-13)18-15(22)17-8-5-10-21-16(23)20-9-3-2-7-14(20)19-21/h4,6,11-12H,2-3,5,7-10H2,1H3,(H2,17,18,22)/t12-/m0/s1. The lowest BCUT2D eigenvalue weighted by Gasteiger charge is -2.13. The molecule has 1 aliphatic heterocycles. The highest BCUT2D eigenvalue weighted by Crippen LogP contribution is 2.17. The van der Waals surface area contributed by atoms with Crippen molar-refractivity contribution in [3.63, 3.8) is 0 Å². The van der Waals surface area contributed by atoms with E-state index in [-0.39, 0.29) is 17.8 Å². The van der Waals surface area contributed by atoms with Crippen LogP contribution in [0.25, 0.3) is 0 Å². The first-order valence-corrected chi connectivity index (χ1v) is 9.27. The number of aryl methyl sites for hydroxylation is 2. The van der Waals surface area contributed by atoms with E-state index in [0.717, 1.165) is 36.5 Å². The molecular weight excluding hydrogens is 326 g/mol. The predicted molar refractivity (Wildman–Crippen MR) is 93.3 cm³/mol. The monoisotopic (exact) mass is 349 g/mol. The van der Waals surface area contributed by atoms with Crippen molar-refractivity contribution in [1.82, 2.24) is 25.0 Å². The molecule has 130 valence electrons. The predicted octanol–water partition coefficient (Wildman–Crippen LogP) is 1.89. The number of urea groups is 1. The summed E-state index contributed by atoms with van der Waals surface area (Å²) in [5, 5.41) is 12.1. The number of amides is 2. The summed E-state index contributed by atoms with van der Waals surface area (Å²) in [6, 6.07) is 3.78. The summed E-state index contributed by atoms with van der Waals surface area (Å²) in [5.74, 6) is 0.890. The van der Waals surface area contributed by atoms with E-state index in [1.54, 1.807) is 15.9 Å². The van der Waals surface area contributed by atoms with E-state index < -0.39 is 0 Å². The number of hydrogen-bond donors (Lipinski definition) is 2. The highest BCUT2D eigenvalue weighted by atomic mass is 32.1. The van der Waals surface area contributed by atoms with Crippen LogP contribution in [0.5, 0.6) is 0 Å². The number of aromatic nitrogens is 3. The molecule has 0 radical (unpaired) electrons. The topological polar surface area (TPSA) is 81.0 Å². The summed E-state index contributed by atoms with van der Waals surface area (Å²) in [5.41, 5.74) is -0.0273. The molecule has 2 N–H and O–H groups in total. The Balaban J connectivity index is 1.42. The largest absolute Gasteiger partial charge is 0.345 e. The van der Waals surface area contributed by atoms with Crippen molar-refractivity contribution in [2.75, 3.05) is 6.54 Å². The van der Waals surface area contributed by atoms with Gasteiger partial charge in [-0.2, -0.15) is 5.10 Å². The fourth-order valence-electron chi connectivity index (χ4n) is 2.88. The quantitative estimate of drug-likeness (QED) is 0.782. The van der Waals surface area contributed by atoms with Gasteiger partial charge in [0.2, 0.25) is 0 Å². The molecule has 0 unspecified atom stereocenters. The van der Waals surface area contributed by atoms with Crippen molar-refractivity contribution in [3.05, 3.63) is 38.7 Å². The van der Waals surface area contributed by atoms with Crippen LogP contribution in [0.4, 0.5) is 4.79 Å². The molecule has 2 aromatic rings. The van der Waals surface area contributed by atoms with Crippen LogP contribution in [0, 0.1) is 0 Å². The highest BCUT2D eigenvalue weighted by Gasteiger charge is 2.16. The van der Waals surface area contributed by atoms with Crippen LogP contribution in [-0.2, 0) is 19.5 Å². The zero-order chi connectivity index (χ0) is 16.9. The molecule has 0 aromatic carbocycles. The molecule has 7 nitrogen and oxygen atoms in total. The molecule has 8 heteroatoms. The second-order valence-electron chi connectivity index (χ2n) is 6.02. The molecule has 1 atom stereocenters. The van der Waals surface area contributed by atoms with Crippen molar-refractivity contribution in [3.8, 4) is 0 Å². The van der Waals surface area contributed by atoms with Gasteiger partial charge in [0.1, 0.15) is 5.82 Å². The Kier molecular flexibility index (Phi) is 5.34. The molecule has 2 amide bonds. The summed E-state index contributed by atoms with van der Waals surface area (Å²) in [6.07, 6.45) is 3.70. The van der Waals surface area contributed by atoms with Gasteiger partial charge in [-0.15, -0.1) is 11.3 Å². The van der Waals surface area contributed by atoms with Crippen LogP contribution in [0.15, 0.2) is 22.3 Å². The lowest BCUT2D eigenvalue weighted by molar-refractivity contribution is 0.237. The van der Waals surface area contributed by atoms with Crippen molar-refractivity contribution in [1.29, 1.82) is 0 Å². The minimum absolute atomic E-state index is 0.00696. The third-order valence-corrected chi connectivity index (χ3v) is 5.24. The number of rotatable bonds is 6. The molecule has 1 aliphatic rings. The molecule has 3 heterocycles. The van der Waals surface area contributed by atoms with Gasteiger partial charge in [0.25, 0.3) is 0 Å². The Hall–Kier alpha value is -2.09. The number of hydrogen-bond acceptors (Lipinski definition) is 4. The third kappa shape index (κ3) is 3.87. The van der Waals surface area contributed by atoms with Crippen LogP contribution >= 0.6 is 11.3 Å². The van der Waals surface area contributed by atoms with Crippen LogP contribution in [-0.4, -0.2) is 26.9 Å². The molecule has 0 bridgehead atoms. The van der Waals surface area contributed by atoms with E-state index in [9.17, 15) is 9.59 Å². The van der Waals surface area contributed by atoms with E-state index in [1.165, 1.54) is 4.68 Å². The normalized spacial score (nSPS) is 14.9. The zero-order valence-corrected chi connectivity index (χ0v) is 14.6. The molecule has 3 rings (SSSR count). The van der Waals surface area contributed by atoms with Gasteiger partial charge >= 0.3 is 11.7 Å². The fourth-order valence-corrected chi connectivity index (χ4v) is 3.62. The van der Waals surface area contributed by atoms with Crippen LogP contribution in [0.1, 0.15) is 42.9 Å². The summed E-state index contributed by atoms with van der Waals surface area (Å²) < 4.78 is 3.29. The van der Waals surface area contributed by atoms with Crippen LogP contribution in [0.2, 0.25) is 0 Å². The summed E-state index contributed by atoms with van der Waals surface area (Å²) in [7, 11) is 0. The molecule has 0 saturated carbocycles. The minimum atomic E-state index is -0.188. The van der Waals surface area contributed by atoms with Gasteiger partial charge in [-0.05, 0) is 37.6 Å². The van der Waals surface area contributed by atoms with Gasteiger partial charge in [-0.3, -0.25) is 4.57 Å². The van der Waals surface area contributed by atoms with Crippen molar-refractivity contribution in [2.45, 2.75) is 51.7 Å². The zero-order valence-electron chi connectivity index (χ0n) is 13.8. The SMILES string of the molecule is C[C@H](NC(=O)NCCCn1nc2n(c1=O)CCCC2)c1cccs1. The molecule has 2 aromatic heterocycles. The first kappa shape index (κ1) is 16.8. The first-order chi connectivity index (χ1) is 11.6. The van der Waals surface area contributed by atoms with Gasteiger partial charge < -0.3 is 10.6 Å². The number of nitrogens with one attached hydrogen (secondary N) is 2. The number of carbonyl (C=O) groups is 1. The third-order valence-electron chi connectivity index (χ3n) is 4.18. The Morgan fingerprint density at radius 1 is 1.46 bits per heavy atom. The van der Waals surface area contributed by atoms with Gasteiger partial charge in [0.05, 0.1) is 6.04 Å². The van der Waals surface area contributed by atoms with Gasteiger partial charge in [-0.25, -0.2) is 14.3 Å². The first-order valence-electron chi connectivity index (χ1n) is 8.39. The Morgan fingerprint density at radius 2 is 2.33 bits per heavy atom. The van der Waals surface area contributed by atoms with Crippen LogP contribution in [0.3, 0.4) is 0 Å². The van der Waals surface area contributed by atoms with Gasteiger partial charge in [0, 0.05) is 30.9 Å². The molecule has 0 fully saturated rings. The number of fused-ring (bicyclic) bond motifs is 1. The van der Waals surface area contributed by atoms with E-state index in [0.29, 0.717) is 19.5 Å². The molecule has 0 spiro atoms. The maximum Gasteiger partial charge on any atom is 0.345 e. The number of thiophene rings is 1. The molecule has 0 saturated heterocycles. The van der Waals surface area contributed by atoms with E-state index >= 15 is 0 Å². The van der Waals surface area contributed by atoms with E-state index in [4.69, 9.17) is 0 Å². The second-order valence-corrected chi connectivity index (χ2v) is 7.00. The fraction of sp³-hybridized carbons (Fsp3) is 0.562. The average Bonchev–Trinajstić information content (AvgIpc) is 3.21. The highest BCUT2D eigenvalue weighted by molar-refractivity contribution is 7.10. The maximum absolute atomic E-state index is 12.2. The van der Waals surface area contributed by atoms with E-state index in [1.807, 2.05) is 24.4 Å². The Morgan fingerprint density at radius 3 is 3.08 bits per heavy atom. The Labute approximate surface area is 144 Å². The maximum atomic E-state index is 12.2. The molecule has 0 aliphatic carbocycles. The Bertz CT molecular complexity index is 734. The molecular formula is C16H23N5O2S. The summed E-state index contributed by atoms with van der Waals surface area (Å²) in [6.45, 7) is 3.77. The van der Waals surface area contributed by atoms with Crippen molar-refractivity contribution in [2.24, 2.45) is 0 Å². The lowest BCUT2D eigenvalue weighted by Crippen LogP contribution is -2.37. The smallest absolute Gasteiger partial charge is 0.338 e. The summed E-state index contributed by atoms with van der Waals surface area (Å²) >= 11 is 1.62. The van der Waals surface area contributed by atoms with Gasteiger partial charge in [-0.1, -0.05) is 6.07 Å². The minimum Gasteiger partial charge on any atom is -0.338 e. The number of nitrogens with zero attached hydrogens (tertiary/aromatic N) is 3. The summed E-state index contributed by atoms with van der Waals surface area (Å²) in [4.78, 5) is 25.2.